The van der Waals surface area contributed by atoms with Crippen LogP contribution >= 0.6 is 11.6 Å². The molecule has 1 aliphatic carbocycles. The van der Waals surface area contributed by atoms with E-state index in [1.165, 1.54) is 28.6 Å². The van der Waals surface area contributed by atoms with Gasteiger partial charge in [-0.05, 0) is 73.6 Å². The molecule has 1 saturated heterocycles. The number of benzene rings is 2. The number of sulfonamides is 1. The molecule has 0 radical (unpaired) electrons. The minimum absolute atomic E-state index is 0.0118. The van der Waals surface area contributed by atoms with Gasteiger partial charge in [0.05, 0.1) is 22.6 Å². The number of nitriles is 1. The Morgan fingerprint density at radius 1 is 1.03 bits per heavy atom. The van der Waals surface area contributed by atoms with Crippen molar-refractivity contribution in [3.8, 4) is 6.07 Å². The fraction of sp³-hybridized carbons (Fsp3) is 0.391. The summed E-state index contributed by atoms with van der Waals surface area (Å²) in [5.74, 6) is 0.227. The lowest BCUT2D eigenvalue weighted by molar-refractivity contribution is -0.127. The Balaban J connectivity index is 1.38. The average Bonchev–Trinajstić information content (AvgIpc) is 3.63. The maximum atomic E-state index is 12.9. The Bertz CT molecular complexity index is 1080. The van der Waals surface area contributed by atoms with Crippen LogP contribution in [0.5, 0.6) is 0 Å². The molecular formula is C23H24ClN3O3S. The molecule has 2 aromatic carbocycles. The highest BCUT2D eigenvalue weighted by atomic mass is 35.5. The maximum Gasteiger partial charge on any atom is 0.243 e. The summed E-state index contributed by atoms with van der Waals surface area (Å²) in [5, 5.41) is 12.8. The maximum absolute atomic E-state index is 12.9. The molecule has 0 spiro atoms. The first-order chi connectivity index (χ1) is 14.9. The van der Waals surface area contributed by atoms with Gasteiger partial charge in [0.15, 0.2) is 0 Å². The van der Waals surface area contributed by atoms with Gasteiger partial charge in [0.1, 0.15) is 0 Å². The first-order valence-electron chi connectivity index (χ1n) is 10.4. The molecule has 31 heavy (non-hydrogen) atoms. The number of hydrogen-bond donors (Lipinski definition) is 1. The summed E-state index contributed by atoms with van der Waals surface area (Å²) >= 11 is 5.99. The number of nitrogens with zero attached hydrogens (tertiary/aromatic N) is 2. The van der Waals surface area contributed by atoms with Crippen molar-refractivity contribution in [3.63, 3.8) is 0 Å². The van der Waals surface area contributed by atoms with Gasteiger partial charge >= 0.3 is 0 Å². The highest BCUT2D eigenvalue weighted by Gasteiger charge is 2.37. The first kappa shape index (κ1) is 21.8. The van der Waals surface area contributed by atoms with E-state index in [1.807, 2.05) is 30.3 Å². The molecule has 0 bridgehead atoms. The number of hydrogen-bond acceptors (Lipinski definition) is 4. The normalized spacial score (nSPS) is 18.8. The van der Waals surface area contributed by atoms with Gasteiger partial charge in [-0.15, -0.1) is 0 Å². The lowest BCUT2D eigenvalue weighted by atomic mass is 9.95. The number of rotatable bonds is 6. The highest BCUT2D eigenvalue weighted by molar-refractivity contribution is 7.89. The van der Waals surface area contributed by atoms with Crippen LogP contribution in [0.15, 0.2) is 53.4 Å². The fourth-order valence-corrected chi connectivity index (χ4v) is 5.65. The van der Waals surface area contributed by atoms with Gasteiger partial charge in [-0.3, -0.25) is 4.79 Å². The zero-order chi connectivity index (χ0) is 22.0. The van der Waals surface area contributed by atoms with E-state index in [-0.39, 0.29) is 22.8 Å². The second kappa shape index (κ2) is 8.99. The first-order valence-corrected chi connectivity index (χ1v) is 12.3. The summed E-state index contributed by atoms with van der Waals surface area (Å²) in [6, 6.07) is 15.5. The van der Waals surface area contributed by atoms with Crippen LogP contribution in [-0.2, 0) is 14.8 Å². The van der Waals surface area contributed by atoms with Crippen LogP contribution in [-0.4, -0.2) is 31.7 Å². The molecular weight excluding hydrogens is 434 g/mol. The second-order valence-corrected chi connectivity index (χ2v) is 10.6. The van der Waals surface area contributed by atoms with E-state index in [4.69, 9.17) is 16.9 Å². The molecule has 8 heteroatoms. The lowest BCUT2D eigenvalue weighted by Gasteiger charge is -2.31. The Hall–Kier alpha value is -2.40. The van der Waals surface area contributed by atoms with E-state index in [9.17, 15) is 13.2 Å². The lowest BCUT2D eigenvalue weighted by Crippen LogP contribution is -2.43. The Morgan fingerprint density at radius 3 is 2.19 bits per heavy atom. The average molecular weight is 458 g/mol. The largest absolute Gasteiger partial charge is 0.349 e. The standard InChI is InChI=1S/C23H24ClN3O3S/c24-20-7-5-18(6-8-20)22(17-3-4-17)26-23(28)19-11-13-27(14-12-19)31(29,30)21-9-1-16(15-25)2-10-21/h1-2,5-10,17,19,22H,3-4,11-14H2,(H,26,28). The van der Waals surface area contributed by atoms with Crippen molar-refractivity contribution < 1.29 is 13.2 Å². The van der Waals surface area contributed by atoms with Gasteiger partial charge in [-0.1, -0.05) is 23.7 Å². The van der Waals surface area contributed by atoms with E-state index in [0.717, 1.165) is 18.4 Å². The van der Waals surface area contributed by atoms with E-state index in [2.05, 4.69) is 5.32 Å². The molecule has 2 aliphatic rings. The Labute approximate surface area is 187 Å². The molecule has 1 atom stereocenters. The monoisotopic (exact) mass is 457 g/mol. The van der Waals surface area contributed by atoms with Gasteiger partial charge in [0.25, 0.3) is 0 Å². The molecule has 1 N–H and O–H groups in total. The molecule has 2 fully saturated rings. The van der Waals surface area contributed by atoms with Crippen LogP contribution in [0.3, 0.4) is 0 Å². The molecule has 1 saturated carbocycles. The summed E-state index contributed by atoms with van der Waals surface area (Å²) in [6.45, 7) is 0.602. The van der Waals surface area contributed by atoms with Crippen LogP contribution in [0.1, 0.15) is 42.9 Å². The molecule has 1 heterocycles. The predicted octanol–water partition coefficient (Wildman–Crippen LogP) is 3.88. The Kier molecular flexibility index (Phi) is 6.33. The molecule has 162 valence electrons. The third kappa shape index (κ3) is 4.93. The molecule has 2 aromatic rings. The molecule has 0 aromatic heterocycles. The number of carbonyl (C=O) groups is 1. The topological polar surface area (TPSA) is 90.3 Å². The quantitative estimate of drug-likeness (QED) is 0.712. The number of piperidine rings is 1. The van der Waals surface area contributed by atoms with Crippen LogP contribution in [0.2, 0.25) is 5.02 Å². The van der Waals surface area contributed by atoms with Crippen LogP contribution < -0.4 is 5.32 Å². The summed E-state index contributed by atoms with van der Waals surface area (Å²) in [4.78, 5) is 13.1. The number of amides is 1. The zero-order valence-corrected chi connectivity index (χ0v) is 18.6. The van der Waals surface area contributed by atoms with Gasteiger partial charge in [0.2, 0.25) is 15.9 Å². The molecule has 1 aliphatic heterocycles. The number of halogens is 1. The van der Waals surface area contributed by atoms with Crippen LogP contribution in [0.4, 0.5) is 0 Å². The van der Waals surface area contributed by atoms with Crippen molar-refractivity contribution in [2.75, 3.05) is 13.1 Å². The molecule has 6 nitrogen and oxygen atoms in total. The van der Waals surface area contributed by atoms with Gasteiger partial charge in [-0.25, -0.2) is 8.42 Å². The molecule has 1 unspecified atom stereocenters. The SMILES string of the molecule is N#Cc1ccc(S(=O)(=O)N2CCC(C(=O)NC(c3ccc(Cl)cc3)C3CC3)CC2)cc1. The summed E-state index contributed by atoms with van der Waals surface area (Å²) in [5.41, 5.74) is 1.47. The van der Waals surface area contributed by atoms with Crippen molar-refractivity contribution >= 4 is 27.5 Å². The van der Waals surface area contributed by atoms with E-state index >= 15 is 0 Å². The number of nitrogens with one attached hydrogen (secondary N) is 1. The summed E-state index contributed by atoms with van der Waals surface area (Å²) < 4.78 is 27.2. The van der Waals surface area contributed by atoms with E-state index in [0.29, 0.717) is 42.4 Å². The summed E-state index contributed by atoms with van der Waals surface area (Å²) in [7, 11) is -3.63. The van der Waals surface area contributed by atoms with Crippen molar-refractivity contribution in [1.29, 1.82) is 5.26 Å². The number of carbonyl (C=O) groups excluding carboxylic acids is 1. The smallest absolute Gasteiger partial charge is 0.243 e. The van der Waals surface area contributed by atoms with Crippen LogP contribution in [0, 0.1) is 23.2 Å². The highest BCUT2D eigenvalue weighted by Crippen LogP contribution is 2.41. The van der Waals surface area contributed by atoms with Crippen molar-refractivity contribution in [2.45, 2.75) is 36.6 Å². The minimum atomic E-state index is -3.63. The van der Waals surface area contributed by atoms with Crippen molar-refractivity contribution in [1.82, 2.24) is 9.62 Å². The second-order valence-electron chi connectivity index (χ2n) is 8.19. The Morgan fingerprint density at radius 2 is 1.65 bits per heavy atom. The summed E-state index contributed by atoms with van der Waals surface area (Å²) in [6.07, 6.45) is 3.16. The zero-order valence-electron chi connectivity index (χ0n) is 17.0. The minimum Gasteiger partial charge on any atom is -0.349 e. The van der Waals surface area contributed by atoms with Crippen molar-refractivity contribution in [3.05, 3.63) is 64.7 Å². The molecule has 4 rings (SSSR count). The van der Waals surface area contributed by atoms with Crippen LogP contribution in [0.25, 0.3) is 0 Å². The van der Waals surface area contributed by atoms with Gasteiger partial charge in [-0.2, -0.15) is 9.57 Å². The van der Waals surface area contributed by atoms with E-state index in [1.54, 1.807) is 0 Å². The van der Waals surface area contributed by atoms with Gasteiger partial charge < -0.3 is 5.32 Å². The van der Waals surface area contributed by atoms with E-state index < -0.39 is 10.0 Å². The van der Waals surface area contributed by atoms with Crippen molar-refractivity contribution in [2.24, 2.45) is 11.8 Å². The van der Waals surface area contributed by atoms with Gasteiger partial charge in [0, 0.05) is 24.0 Å². The predicted molar refractivity (Wildman–Crippen MR) is 118 cm³/mol. The fourth-order valence-electron chi connectivity index (χ4n) is 4.05. The third-order valence-electron chi connectivity index (χ3n) is 6.07. The molecule has 1 amide bonds. The third-order valence-corrected chi connectivity index (χ3v) is 8.23.